The van der Waals surface area contributed by atoms with Crippen LogP contribution in [0.3, 0.4) is 0 Å². The number of aromatic amines is 1. The van der Waals surface area contributed by atoms with Gasteiger partial charge in [-0.15, -0.1) is 11.3 Å². The van der Waals surface area contributed by atoms with Crippen LogP contribution in [0.2, 0.25) is 0 Å². The van der Waals surface area contributed by atoms with Crippen molar-refractivity contribution < 1.29 is 0 Å². The Balaban J connectivity index is 1.73. The van der Waals surface area contributed by atoms with Gasteiger partial charge in [-0.3, -0.25) is 9.36 Å². The van der Waals surface area contributed by atoms with Gasteiger partial charge in [-0.2, -0.15) is 4.98 Å². The van der Waals surface area contributed by atoms with Crippen LogP contribution in [0.15, 0.2) is 22.3 Å². The third kappa shape index (κ3) is 3.20. The lowest BCUT2D eigenvalue weighted by Crippen LogP contribution is -2.19. The molecule has 1 saturated carbocycles. The molecule has 0 aliphatic heterocycles. The molecule has 0 bridgehead atoms. The topological polar surface area (TPSA) is 75.6 Å². The fraction of sp³-hybridized carbons (Fsp3) is 0.500. The Morgan fingerprint density at radius 2 is 2.20 bits per heavy atom. The van der Waals surface area contributed by atoms with E-state index in [0.717, 1.165) is 37.3 Å². The van der Waals surface area contributed by atoms with Gasteiger partial charge < -0.3 is 10.3 Å². The average Bonchev–Trinajstić information content (AvgIpc) is 3.36. The number of aryl methyl sites for hydroxylation is 1. The Morgan fingerprint density at radius 3 is 2.92 bits per heavy atom. The van der Waals surface area contributed by atoms with Crippen LogP contribution in [0, 0.1) is 0 Å². The van der Waals surface area contributed by atoms with E-state index in [9.17, 15) is 4.79 Å². The second kappa shape index (κ2) is 7.00. The summed E-state index contributed by atoms with van der Waals surface area (Å²) in [7, 11) is 0. The molecule has 7 heteroatoms. The number of fused-ring (bicyclic) bond motifs is 1. The lowest BCUT2D eigenvalue weighted by Gasteiger charge is -2.13. The largest absolute Gasteiger partial charge is 0.351 e. The third-order valence-electron chi connectivity index (χ3n) is 4.83. The zero-order chi connectivity index (χ0) is 17.2. The van der Waals surface area contributed by atoms with Gasteiger partial charge in [0.25, 0.3) is 0 Å². The van der Waals surface area contributed by atoms with Crippen molar-refractivity contribution in [3.8, 4) is 0 Å². The van der Waals surface area contributed by atoms with Crippen LogP contribution in [-0.4, -0.2) is 19.5 Å². The molecule has 0 amide bonds. The molecule has 3 aromatic heterocycles. The standard InChI is InChI=1S/C18H23N5OS/c1-2-9-23-16-14(20-15(21-16)12-6-3-4-7-12)17(24)22-18(23)19-11-13-8-5-10-25-13/h5,8,10,12H,2-4,6-7,9,11H2,1H3,(H,20,21)(H,19,22,24). The molecule has 1 aliphatic carbocycles. The molecular weight excluding hydrogens is 334 g/mol. The molecule has 0 aromatic carbocycles. The van der Waals surface area contributed by atoms with E-state index < -0.39 is 0 Å². The van der Waals surface area contributed by atoms with Crippen molar-refractivity contribution in [2.24, 2.45) is 0 Å². The highest BCUT2D eigenvalue weighted by atomic mass is 32.1. The zero-order valence-electron chi connectivity index (χ0n) is 14.4. The number of imidazole rings is 1. The van der Waals surface area contributed by atoms with Gasteiger partial charge in [-0.25, -0.2) is 4.98 Å². The van der Waals surface area contributed by atoms with Gasteiger partial charge in [0.05, 0.1) is 6.54 Å². The van der Waals surface area contributed by atoms with E-state index in [-0.39, 0.29) is 5.56 Å². The number of H-pyrrole nitrogens is 1. The van der Waals surface area contributed by atoms with Crippen LogP contribution >= 0.6 is 11.3 Å². The smallest absolute Gasteiger partial charge is 0.300 e. The fourth-order valence-electron chi connectivity index (χ4n) is 3.58. The van der Waals surface area contributed by atoms with E-state index in [1.807, 2.05) is 16.0 Å². The number of nitrogens with zero attached hydrogens (tertiary/aromatic N) is 3. The summed E-state index contributed by atoms with van der Waals surface area (Å²) in [6.07, 6.45) is 5.75. The van der Waals surface area contributed by atoms with Crippen molar-refractivity contribution in [1.82, 2.24) is 19.5 Å². The van der Waals surface area contributed by atoms with Crippen molar-refractivity contribution in [2.75, 3.05) is 5.32 Å². The Labute approximate surface area is 150 Å². The number of aromatic nitrogens is 4. The Morgan fingerprint density at radius 1 is 1.36 bits per heavy atom. The van der Waals surface area contributed by atoms with Crippen molar-refractivity contribution >= 4 is 28.4 Å². The quantitative estimate of drug-likeness (QED) is 0.702. The Bertz CT molecular complexity index is 906. The number of rotatable bonds is 6. The summed E-state index contributed by atoms with van der Waals surface area (Å²) in [6, 6.07) is 4.10. The predicted molar refractivity (Wildman–Crippen MR) is 101 cm³/mol. The molecule has 132 valence electrons. The lowest BCUT2D eigenvalue weighted by molar-refractivity contribution is 0.668. The first-order valence-corrected chi connectivity index (χ1v) is 9.91. The second-order valence-corrected chi connectivity index (χ2v) is 7.66. The molecule has 3 heterocycles. The normalized spacial score (nSPS) is 15.2. The van der Waals surface area contributed by atoms with Crippen molar-refractivity contribution in [1.29, 1.82) is 0 Å². The molecule has 1 aliphatic rings. The van der Waals surface area contributed by atoms with Crippen LogP contribution in [0.4, 0.5) is 5.95 Å². The number of hydrogen-bond acceptors (Lipinski definition) is 5. The molecule has 0 atom stereocenters. The average molecular weight is 357 g/mol. The molecule has 0 unspecified atom stereocenters. The van der Waals surface area contributed by atoms with E-state index in [1.54, 1.807) is 11.3 Å². The third-order valence-corrected chi connectivity index (χ3v) is 5.70. The minimum Gasteiger partial charge on any atom is -0.351 e. The van der Waals surface area contributed by atoms with E-state index >= 15 is 0 Å². The zero-order valence-corrected chi connectivity index (χ0v) is 15.2. The van der Waals surface area contributed by atoms with Gasteiger partial charge in [0.2, 0.25) is 5.95 Å². The number of thiophene rings is 1. The summed E-state index contributed by atoms with van der Waals surface area (Å²) in [6.45, 7) is 3.57. The second-order valence-electron chi connectivity index (χ2n) is 6.63. The fourth-order valence-corrected chi connectivity index (χ4v) is 4.23. The highest BCUT2D eigenvalue weighted by molar-refractivity contribution is 7.09. The first kappa shape index (κ1) is 16.3. The summed E-state index contributed by atoms with van der Waals surface area (Å²) in [5, 5.41) is 5.37. The SMILES string of the molecule is CCCn1c(NCc2cccs2)nc(=O)c2[nH]c(C3CCCC3)nc21. The van der Waals surface area contributed by atoms with Crippen molar-refractivity contribution in [3.63, 3.8) is 0 Å². The minimum absolute atomic E-state index is 0.229. The maximum absolute atomic E-state index is 12.5. The monoisotopic (exact) mass is 357 g/mol. The van der Waals surface area contributed by atoms with E-state index in [4.69, 9.17) is 4.98 Å². The van der Waals surface area contributed by atoms with Crippen LogP contribution in [0.1, 0.15) is 55.6 Å². The molecule has 2 N–H and O–H groups in total. The van der Waals surface area contributed by atoms with Crippen LogP contribution in [0.25, 0.3) is 11.2 Å². The summed E-state index contributed by atoms with van der Waals surface area (Å²) >= 11 is 1.69. The predicted octanol–water partition coefficient (Wildman–Crippen LogP) is 3.86. The molecule has 25 heavy (non-hydrogen) atoms. The van der Waals surface area contributed by atoms with Crippen LogP contribution in [-0.2, 0) is 13.1 Å². The van der Waals surface area contributed by atoms with Crippen molar-refractivity contribution in [2.45, 2.75) is 58.0 Å². The van der Waals surface area contributed by atoms with Gasteiger partial charge >= 0.3 is 5.56 Å². The Kier molecular flexibility index (Phi) is 4.57. The highest BCUT2D eigenvalue weighted by Gasteiger charge is 2.23. The van der Waals surface area contributed by atoms with Gasteiger partial charge in [-0.05, 0) is 30.7 Å². The summed E-state index contributed by atoms with van der Waals surface area (Å²) in [5.74, 6) is 2.01. The van der Waals surface area contributed by atoms with Crippen LogP contribution in [0.5, 0.6) is 0 Å². The number of anilines is 1. The summed E-state index contributed by atoms with van der Waals surface area (Å²) < 4.78 is 2.04. The van der Waals surface area contributed by atoms with Crippen LogP contribution < -0.4 is 10.9 Å². The summed E-state index contributed by atoms with van der Waals surface area (Å²) in [4.78, 5) is 26.1. The molecular formula is C18H23N5OS. The van der Waals surface area contributed by atoms with Gasteiger partial charge in [0.1, 0.15) is 5.82 Å². The first-order valence-electron chi connectivity index (χ1n) is 9.03. The van der Waals surface area contributed by atoms with Gasteiger partial charge in [-0.1, -0.05) is 25.8 Å². The molecule has 6 nitrogen and oxygen atoms in total. The van der Waals surface area contributed by atoms with E-state index in [0.29, 0.717) is 23.9 Å². The molecule has 4 rings (SSSR count). The Hall–Kier alpha value is -2.15. The first-order chi connectivity index (χ1) is 12.3. The molecule has 0 saturated heterocycles. The maximum atomic E-state index is 12.5. The van der Waals surface area contributed by atoms with E-state index in [1.165, 1.54) is 17.7 Å². The minimum atomic E-state index is -0.229. The lowest BCUT2D eigenvalue weighted by atomic mass is 10.1. The number of hydrogen-bond donors (Lipinski definition) is 2. The highest BCUT2D eigenvalue weighted by Crippen LogP contribution is 2.33. The number of nitrogens with one attached hydrogen (secondary N) is 2. The molecule has 0 spiro atoms. The van der Waals surface area contributed by atoms with Gasteiger partial charge in [0, 0.05) is 17.3 Å². The molecule has 1 fully saturated rings. The summed E-state index contributed by atoms with van der Waals surface area (Å²) in [5.41, 5.74) is 1.04. The van der Waals surface area contributed by atoms with Crippen molar-refractivity contribution in [3.05, 3.63) is 38.6 Å². The molecule has 3 aromatic rings. The van der Waals surface area contributed by atoms with E-state index in [2.05, 4.69) is 28.3 Å². The molecule has 0 radical (unpaired) electrons. The van der Waals surface area contributed by atoms with Gasteiger partial charge in [0.15, 0.2) is 11.2 Å². The maximum Gasteiger partial charge on any atom is 0.300 e.